The molecule has 1 saturated heterocycles. The smallest absolute Gasteiger partial charge is 0.336 e. The lowest BCUT2D eigenvalue weighted by Crippen LogP contribution is -2.33. The zero-order valence-corrected chi connectivity index (χ0v) is 16.3. The van der Waals surface area contributed by atoms with E-state index in [0.717, 1.165) is 4.90 Å². The first-order valence-corrected chi connectivity index (χ1v) is 9.22. The van der Waals surface area contributed by atoms with Crippen LogP contribution >= 0.6 is 0 Å². The number of carbonyl (C=O) groups is 3. The summed E-state index contributed by atoms with van der Waals surface area (Å²) in [6.45, 7) is -0.0325. The fourth-order valence-electron chi connectivity index (χ4n) is 3.49. The van der Waals surface area contributed by atoms with Gasteiger partial charge in [-0.05, 0) is 31.0 Å². The molecule has 0 radical (unpaired) electrons. The average molecular weight is 401 g/mol. The number of hydrogen-bond acceptors (Lipinski definition) is 7. The van der Waals surface area contributed by atoms with Crippen molar-refractivity contribution in [3.63, 3.8) is 0 Å². The molecule has 2 atom stereocenters. The van der Waals surface area contributed by atoms with Crippen molar-refractivity contribution in [3.05, 3.63) is 35.9 Å². The van der Waals surface area contributed by atoms with E-state index >= 15 is 0 Å². The standard InChI is InChI=1S/C20H23N3O6/c1-27-15-8-7-12(11-16(15)28-2)18(21)22-29-17(24)9-10-23-19(25)13-5-3-4-6-14(13)20(23)26/h3-4,7-8,11,13-14H,5-6,9-10H2,1-2H3,(H2,21,22)/t13-,14+. The first kappa shape index (κ1) is 20.4. The predicted molar refractivity (Wildman–Crippen MR) is 103 cm³/mol. The molecule has 9 heteroatoms. The number of allylic oxidation sites excluding steroid dienone is 2. The summed E-state index contributed by atoms with van der Waals surface area (Å²) in [4.78, 5) is 42.7. The molecule has 1 fully saturated rings. The van der Waals surface area contributed by atoms with Crippen molar-refractivity contribution in [3.8, 4) is 11.5 Å². The van der Waals surface area contributed by atoms with Crippen LogP contribution in [0.25, 0.3) is 0 Å². The van der Waals surface area contributed by atoms with Gasteiger partial charge < -0.3 is 20.0 Å². The lowest BCUT2D eigenvalue weighted by atomic mass is 9.85. The summed E-state index contributed by atoms with van der Waals surface area (Å²) in [5.74, 6) is -0.833. The molecule has 0 saturated carbocycles. The van der Waals surface area contributed by atoms with Crippen LogP contribution in [0.1, 0.15) is 24.8 Å². The molecule has 0 unspecified atom stereocenters. The number of likely N-dealkylation sites (tertiary alicyclic amines) is 1. The van der Waals surface area contributed by atoms with Gasteiger partial charge in [-0.1, -0.05) is 17.3 Å². The second-order valence-electron chi connectivity index (χ2n) is 6.74. The molecule has 2 N–H and O–H groups in total. The normalized spacial score (nSPS) is 21.2. The minimum absolute atomic E-state index is 0.0234. The topological polar surface area (TPSA) is 121 Å². The lowest BCUT2D eigenvalue weighted by Gasteiger charge is -2.14. The summed E-state index contributed by atoms with van der Waals surface area (Å²) < 4.78 is 10.3. The molecule has 29 heavy (non-hydrogen) atoms. The van der Waals surface area contributed by atoms with Crippen molar-refractivity contribution in [2.24, 2.45) is 22.7 Å². The molecule has 0 bridgehead atoms. The number of oxime groups is 1. The maximum absolute atomic E-state index is 12.4. The molecule has 1 heterocycles. The van der Waals surface area contributed by atoms with E-state index in [4.69, 9.17) is 20.0 Å². The Morgan fingerprint density at radius 3 is 2.31 bits per heavy atom. The quantitative estimate of drug-likeness (QED) is 0.182. The summed E-state index contributed by atoms with van der Waals surface area (Å²) >= 11 is 0. The average Bonchev–Trinajstić information content (AvgIpc) is 3.00. The molecule has 0 spiro atoms. The number of ether oxygens (including phenoxy) is 2. The number of rotatable bonds is 7. The van der Waals surface area contributed by atoms with Gasteiger partial charge in [-0.25, -0.2) is 4.79 Å². The third-order valence-corrected chi connectivity index (χ3v) is 5.06. The highest BCUT2D eigenvalue weighted by molar-refractivity contribution is 6.05. The second-order valence-corrected chi connectivity index (χ2v) is 6.74. The Hall–Kier alpha value is -3.36. The SMILES string of the molecule is COc1ccc(/C(N)=N\OC(=O)CCN2C(=O)[C@H]3CC=CC[C@H]3C2=O)cc1OC. The van der Waals surface area contributed by atoms with Gasteiger partial charge in [0.25, 0.3) is 0 Å². The van der Waals surface area contributed by atoms with E-state index < -0.39 is 5.97 Å². The minimum atomic E-state index is -0.693. The summed E-state index contributed by atoms with van der Waals surface area (Å²) in [6.07, 6.45) is 4.78. The van der Waals surface area contributed by atoms with Gasteiger partial charge in [0.15, 0.2) is 17.3 Å². The van der Waals surface area contributed by atoms with E-state index in [2.05, 4.69) is 5.16 Å². The monoisotopic (exact) mass is 401 g/mol. The Labute approximate surface area is 168 Å². The van der Waals surface area contributed by atoms with E-state index in [1.807, 2.05) is 12.2 Å². The molecule has 0 aromatic heterocycles. The van der Waals surface area contributed by atoms with Crippen molar-refractivity contribution >= 4 is 23.6 Å². The molecule has 1 aromatic carbocycles. The number of amidine groups is 1. The van der Waals surface area contributed by atoms with Gasteiger partial charge in [-0.2, -0.15) is 0 Å². The Morgan fingerprint density at radius 1 is 1.10 bits per heavy atom. The minimum Gasteiger partial charge on any atom is -0.493 e. The van der Waals surface area contributed by atoms with Gasteiger partial charge in [0.2, 0.25) is 11.8 Å². The van der Waals surface area contributed by atoms with Crippen molar-refractivity contribution in [1.82, 2.24) is 4.90 Å². The summed E-state index contributed by atoms with van der Waals surface area (Å²) in [5, 5.41) is 3.63. The van der Waals surface area contributed by atoms with Gasteiger partial charge >= 0.3 is 5.97 Å². The van der Waals surface area contributed by atoms with Gasteiger partial charge in [-0.15, -0.1) is 0 Å². The third kappa shape index (κ3) is 4.23. The number of nitrogens with two attached hydrogens (primary N) is 1. The van der Waals surface area contributed by atoms with E-state index in [1.54, 1.807) is 18.2 Å². The summed E-state index contributed by atoms with van der Waals surface area (Å²) in [5.41, 5.74) is 6.33. The Balaban J connectivity index is 1.56. The van der Waals surface area contributed by atoms with Crippen LogP contribution in [0.4, 0.5) is 0 Å². The van der Waals surface area contributed by atoms with E-state index in [-0.39, 0.29) is 42.5 Å². The highest BCUT2D eigenvalue weighted by Crippen LogP contribution is 2.35. The fraction of sp³-hybridized carbons (Fsp3) is 0.400. The molecule has 154 valence electrons. The van der Waals surface area contributed by atoms with E-state index in [1.165, 1.54) is 14.2 Å². The summed E-state index contributed by atoms with van der Waals surface area (Å²) in [7, 11) is 3.00. The number of amides is 2. The fourth-order valence-corrected chi connectivity index (χ4v) is 3.49. The number of imide groups is 1. The van der Waals surface area contributed by atoms with E-state index in [9.17, 15) is 14.4 Å². The highest BCUT2D eigenvalue weighted by Gasteiger charge is 2.46. The van der Waals surface area contributed by atoms with Crippen LogP contribution in [-0.2, 0) is 19.2 Å². The molecule has 1 aromatic rings. The molecule has 2 aliphatic rings. The first-order chi connectivity index (χ1) is 14.0. The Bertz CT molecular complexity index is 853. The van der Waals surface area contributed by atoms with Gasteiger partial charge in [0.1, 0.15) is 0 Å². The van der Waals surface area contributed by atoms with Crippen LogP contribution in [0.5, 0.6) is 11.5 Å². The maximum atomic E-state index is 12.4. The van der Waals surface area contributed by atoms with Gasteiger partial charge in [0, 0.05) is 12.1 Å². The number of fused-ring (bicyclic) bond motifs is 1. The maximum Gasteiger partial charge on any atom is 0.336 e. The molecule has 3 rings (SSSR count). The molecule has 1 aliphatic heterocycles. The van der Waals surface area contributed by atoms with E-state index in [0.29, 0.717) is 29.9 Å². The van der Waals surface area contributed by atoms with Crippen LogP contribution in [0.2, 0.25) is 0 Å². The van der Waals surface area contributed by atoms with Gasteiger partial charge in [0.05, 0.1) is 32.5 Å². The van der Waals surface area contributed by atoms with Crippen LogP contribution in [0.15, 0.2) is 35.5 Å². The number of hydrogen-bond donors (Lipinski definition) is 1. The van der Waals surface area contributed by atoms with Gasteiger partial charge in [-0.3, -0.25) is 14.5 Å². The van der Waals surface area contributed by atoms with Crippen molar-refractivity contribution in [2.45, 2.75) is 19.3 Å². The Kier molecular flexibility index (Phi) is 6.16. The highest BCUT2D eigenvalue weighted by atomic mass is 16.7. The second kappa shape index (κ2) is 8.76. The molecule has 1 aliphatic carbocycles. The largest absolute Gasteiger partial charge is 0.493 e. The zero-order chi connectivity index (χ0) is 21.0. The Morgan fingerprint density at radius 2 is 1.72 bits per heavy atom. The number of carbonyl (C=O) groups excluding carboxylic acids is 3. The molecular weight excluding hydrogens is 378 g/mol. The molecule has 9 nitrogen and oxygen atoms in total. The van der Waals surface area contributed by atoms with Crippen LogP contribution in [0, 0.1) is 11.8 Å². The first-order valence-electron chi connectivity index (χ1n) is 9.22. The summed E-state index contributed by atoms with van der Waals surface area (Å²) in [6, 6.07) is 4.89. The van der Waals surface area contributed by atoms with Crippen molar-refractivity contribution in [1.29, 1.82) is 0 Å². The number of methoxy groups -OCH3 is 2. The van der Waals surface area contributed by atoms with Crippen LogP contribution in [-0.4, -0.2) is 49.3 Å². The number of benzene rings is 1. The number of nitrogens with zero attached hydrogens (tertiary/aromatic N) is 2. The van der Waals surface area contributed by atoms with Crippen LogP contribution < -0.4 is 15.2 Å². The van der Waals surface area contributed by atoms with Crippen molar-refractivity contribution < 1.29 is 28.7 Å². The predicted octanol–water partition coefficient (Wildman–Crippen LogP) is 1.21. The lowest BCUT2D eigenvalue weighted by molar-refractivity contribution is -0.145. The molecule has 2 amide bonds. The zero-order valence-electron chi connectivity index (χ0n) is 16.3. The van der Waals surface area contributed by atoms with Crippen LogP contribution in [0.3, 0.4) is 0 Å². The van der Waals surface area contributed by atoms with Crippen molar-refractivity contribution in [2.75, 3.05) is 20.8 Å². The third-order valence-electron chi connectivity index (χ3n) is 5.06. The molecular formula is C20H23N3O6.